The van der Waals surface area contributed by atoms with Crippen molar-refractivity contribution in [1.29, 1.82) is 0 Å². The number of ether oxygens (including phenoxy) is 1. The predicted octanol–water partition coefficient (Wildman–Crippen LogP) is 15.6. The van der Waals surface area contributed by atoms with Gasteiger partial charge in [-0.2, -0.15) is 0 Å². The summed E-state index contributed by atoms with van der Waals surface area (Å²) >= 11 is 1.67. The number of unbranched alkanes of at least 4 members (excludes halogenated alkanes) is 1. The third kappa shape index (κ3) is 11.8. The van der Waals surface area contributed by atoms with E-state index in [1.165, 1.54) is 22.3 Å². The Labute approximate surface area is 350 Å². The molecule has 57 heavy (non-hydrogen) atoms. The molecule has 6 heteroatoms. The highest BCUT2D eigenvalue weighted by Gasteiger charge is 2.30. The van der Waals surface area contributed by atoms with E-state index in [0.29, 0.717) is 6.61 Å². The second kappa shape index (κ2) is 18.3. The van der Waals surface area contributed by atoms with Crippen molar-refractivity contribution in [3.63, 3.8) is 0 Å². The molecule has 0 aliphatic carbocycles. The molecule has 4 nitrogen and oxygen atoms in total. The van der Waals surface area contributed by atoms with Crippen molar-refractivity contribution in [2.75, 3.05) is 0 Å². The van der Waals surface area contributed by atoms with E-state index in [1.807, 2.05) is 18.2 Å². The van der Waals surface area contributed by atoms with Crippen molar-refractivity contribution < 1.29 is 18.3 Å². The van der Waals surface area contributed by atoms with Crippen LogP contribution in [0.1, 0.15) is 132 Å². The summed E-state index contributed by atoms with van der Waals surface area (Å²) in [6, 6.07) is 32.3. The lowest BCUT2D eigenvalue weighted by molar-refractivity contribution is 0.296. The number of rotatable bonds is 14. The van der Waals surface area contributed by atoms with Gasteiger partial charge < -0.3 is 18.3 Å². The Morgan fingerprint density at radius 2 is 1.11 bits per heavy atom. The maximum absolute atomic E-state index is 7.12. The topological polar surface area (TPSA) is 36.9 Å². The van der Waals surface area contributed by atoms with Crippen LogP contribution in [0.4, 0.5) is 0 Å². The van der Waals surface area contributed by atoms with Crippen LogP contribution in [0, 0.1) is 27.7 Å². The molecule has 0 N–H and O–H groups in total. The van der Waals surface area contributed by atoms with Crippen LogP contribution in [0.15, 0.2) is 101 Å². The minimum Gasteiger partial charge on any atom is -0.487 e. The maximum Gasteiger partial charge on any atom is 0.530 e. The Bertz CT molecular complexity index is 2140. The molecule has 0 aliphatic heterocycles. The second-order valence-electron chi connectivity index (χ2n) is 18.6. The first-order valence-corrected chi connectivity index (χ1v) is 22.3. The fourth-order valence-electron chi connectivity index (χ4n) is 6.78. The highest BCUT2D eigenvalue weighted by atomic mass is 32.2. The minimum absolute atomic E-state index is 0.0105. The molecule has 0 heterocycles. The molecular weight excluding hydrogens is 740 g/mol. The molecular formula is C51H65O4PS. The van der Waals surface area contributed by atoms with E-state index in [1.54, 1.807) is 11.8 Å². The van der Waals surface area contributed by atoms with Gasteiger partial charge in [0.2, 0.25) is 0 Å². The zero-order valence-corrected chi connectivity index (χ0v) is 38.7. The number of aryl methyl sites for hydroxylation is 5. The lowest BCUT2D eigenvalue weighted by Gasteiger charge is -2.29. The largest absolute Gasteiger partial charge is 0.530 e. The van der Waals surface area contributed by atoms with Gasteiger partial charge in [0.05, 0.1) is 9.79 Å². The molecule has 5 aromatic rings. The summed E-state index contributed by atoms with van der Waals surface area (Å²) in [4.78, 5) is 2.02. The molecule has 0 aromatic heterocycles. The average molecular weight is 805 g/mol. The standard InChI is InChI=1S/C51H65O4PS/c1-15-16-22-39-31-40(49(6,7)8)23-25-43(39)53-56(54-44-26-24-41(50(9,10)11)32-42(44)51(12,13)14)55-48-37(5)28-35(3)30-46(48)57-45-29-34(2)27-36(4)47(45)52-33-38-20-18-17-19-21-38/h17-21,23-32H,15-16,22,33H2,1-14H3. The molecule has 0 fully saturated rings. The minimum atomic E-state index is -1.98. The van der Waals surface area contributed by atoms with Gasteiger partial charge in [0, 0.05) is 5.56 Å². The first-order chi connectivity index (χ1) is 26.7. The van der Waals surface area contributed by atoms with Gasteiger partial charge in [-0.05, 0) is 126 Å². The molecule has 304 valence electrons. The summed E-state index contributed by atoms with van der Waals surface area (Å²) in [6.45, 7) is 31.5. The SMILES string of the molecule is CCCCc1cc(C(C)(C)C)ccc1OP(Oc1ccc(C(C)(C)C)cc1C(C)(C)C)Oc1c(C)cc(C)cc1Sc1cc(C)cc(C)c1OCc1ccccc1. The van der Waals surface area contributed by atoms with Crippen molar-refractivity contribution in [2.45, 2.75) is 149 Å². The summed E-state index contributed by atoms with van der Waals surface area (Å²) in [5, 5.41) is 0. The van der Waals surface area contributed by atoms with Crippen molar-refractivity contribution in [1.82, 2.24) is 0 Å². The van der Waals surface area contributed by atoms with Crippen LogP contribution in [-0.2, 0) is 29.3 Å². The quantitative estimate of drug-likeness (QED) is 0.105. The van der Waals surface area contributed by atoms with Crippen molar-refractivity contribution in [3.8, 4) is 23.0 Å². The van der Waals surface area contributed by atoms with Crippen molar-refractivity contribution in [3.05, 3.63) is 141 Å². The molecule has 0 spiro atoms. The zero-order chi connectivity index (χ0) is 41.7. The molecule has 0 saturated heterocycles. The van der Waals surface area contributed by atoms with E-state index < -0.39 is 8.60 Å². The summed E-state index contributed by atoms with van der Waals surface area (Å²) in [5.41, 5.74) is 10.2. The first kappa shape index (κ1) is 44.2. The van der Waals surface area contributed by atoms with E-state index in [0.717, 1.165) is 79.9 Å². The summed E-state index contributed by atoms with van der Waals surface area (Å²) in [7, 11) is -1.98. The Morgan fingerprint density at radius 1 is 0.561 bits per heavy atom. The van der Waals surface area contributed by atoms with Crippen LogP contribution in [-0.4, -0.2) is 0 Å². The lowest BCUT2D eigenvalue weighted by atomic mass is 9.80. The third-order valence-corrected chi connectivity index (χ3v) is 12.2. The Balaban J connectivity index is 1.61. The summed E-state index contributed by atoms with van der Waals surface area (Å²) < 4.78 is 27.7. The van der Waals surface area contributed by atoms with Crippen LogP contribution in [0.3, 0.4) is 0 Å². The van der Waals surface area contributed by atoms with Crippen LogP contribution in [0.25, 0.3) is 0 Å². The van der Waals surface area contributed by atoms with E-state index in [4.69, 9.17) is 18.3 Å². The molecule has 5 aromatic carbocycles. The van der Waals surface area contributed by atoms with E-state index in [9.17, 15) is 0 Å². The molecule has 5 rings (SSSR count). The average Bonchev–Trinajstić information content (AvgIpc) is 3.11. The zero-order valence-electron chi connectivity index (χ0n) is 37.0. The fraction of sp³-hybridized carbons (Fsp3) is 0.412. The van der Waals surface area contributed by atoms with E-state index >= 15 is 0 Å². The Kier molecular flexibility index (Phi) is 14.2. The van der Waals surface area contributed by atoms with Gasteiger partial charge in [0.1, 0.15) is 29.6 Å². The van der Waals surface area contributed by atoms with Gasteiger partial charge in [-0.15, -0.1) is 0 Å². The maximum atomic E-state index is 7.12. The van der Waals surface area contributed by atoms with Gasteiger partial charge in [-0.25, -0.2) is 0 Å². The third-order valence-electron chi connectivity index (χ3n) is 10.1. The highest BCUT2D eigenvalue weighted by Crippen LogP contribution is 2.51. The van der Waals surface area contributed by atoms with Gasteiger partial charge in [0.25, 0.3) is 0 Å². The second-order valence-corrected chi connectivity index (χ2v) is 20.7. The number of benzene rings is 5. The van der Waals surface area contributed by atoms with Crippen molar-refractivity contribution in [2.24, 2.45) is 0 Å². The Hall–Kier alpha value is -3.92. The van der Waals surface area contributed by atoms with Gasteiger partial charge in [-0.3, -0.25) is 0 Å². The highest BCUT2D eigenvalue weighted by molar-refractivity contribution is 7.99. The van der Waals surface area contributed by atoms with Crippen molar-refractivity contribution >= 4 is 20.4 Å². The summed E-state index contributed by atoms with van der Waals surface area (Å²) in [6.07, 6.45) is 3.07. The van der Waals surface area contributed by atoms with E-state index in [2.05, 4.69) is 170 Å². The van der Waals surface area contributed by atoms with Crippen LogP contribution in [0.2, 0.25) is 0 Å². The molecule has 1 unspecified atom stereocenters. The molecule has 0 aliphatic rings. The lowest BCUT2D eigenvalue weighted by Crippen LogP contribution is -2.18. The first-order valence-electron chi connectivity index (χ1n) is 20.4. The van der Waals surface area contributed by atoms with Crippen LogP contribution in [0.5, 0.6) is 23.0 Å². The number of hydrogen-bond donors (Lipinski definition) is 0. The molecule has 0 bridgehead atoms. The Morgan fingerprint density at radius 3 is 1.68 bits per heavy atom. The molecule has 0 amide bonds. The fourth-order valence-corrected chi connectivity index (χ4v) is 9.34. The normalized spacial score (nSPS) is 12.7. The van der Waals surface area contributed by atoms with Gasteiger partial charge in [0.15, 0.2) is 0 Å². The molecule has 0 radical (unpaired) electrons. The van der Waals surface area contributed by atoms with Crippen LogP contribution >= 0.6 is 20.4 Å². The van der Waals surface area contributed by atoms with Gasteiger partial charge >= 0.3 is 8.60 Å². The predicted molar refractivity (Wildman–Crippen MR) is 243 cm³/mol. The number of hydrogen-bond acceptors (Lipinski definition) is 5. The summed E-state index contributed by atoms with van der Waals surface area (Å²) in [5.74, 6) is 3.20. The van der Waals surface area contributed by atoms with Gasteiger partial charge in [-0.1, -0.05) is 154 Å². The monoisotopic (exact) mass is 804 g/mol. The molecule has 1 atom stereocenters. The van der Waals surface area contributed by atoms with E-state index in [-0.39, 0.29) is 16.2 Å². The smallest absolute Gasteiger partial charge is 0.487 e. The molecule has 0 saturated carbocycles. The van der Waals surface area contributed by atoms with Crippen LogP contribution < -0.4 is 18.3 Å².